The van der Waals surface area contributed by atoms with Crippen LogP contribution in [0.2, 0.25) is 5.02 Å². The number of aromatic nitrogens is 3. The number of hydrogen-bond acceptors (Lipinski definition) is 8. The lowest BCUT2D eigenvalue weighted by Crippen LogP contribution is -2.28. The van der Waals surface area contributed by atoms with Crippen LogP contribution >= 0.6 is 22.9 Å². The quantitative estimate of drug-likeness (QED) is 0.146. The summed E-state index contributed by atoms with van der Waals surface area (Å²) < 4.78 is 7.37. The van der Waals surface area contributed by atoms with Gasteiger partial charge in [0.1, 0.15) is 22.5 Å². The van der Waals surface area contributed by atoms with E-state index in [9.17, 15) is 14.4 Å². The van der Waals surface area contributed by atoms with E-state index in [1.54, 1.807) is 80.6 Å². The summed E-state index contributed by atoms with van der Waals surface area (Å²) >= 11 is 7.89. The van der Waals surface area contributed by atoms with Crippen LogP contribution in [-0.4, -0.2) is 44.0 Å². The molecule has 2 aromatic heterocycles. The van der Waals surface area contributed by atoms with Gasteiger partial charge in [-0.15, -0.1) is 21.5 Å². The fourth-order valence-electron chi connectivity index (χ4n) is 5.92. The van der Waals surface area contributed by atoms with Gasteiger partial charge in [-0.1, -0.05) is 48.0 Å². The average Bonchev–Trinajstić information content (AvgIpc) is 3.56. The Morgan fingerprint density at radius 2 is 1.58 bits per heavy atom. The molecular weight excluding hydrogens is 698 g/mol. The van der Waals surface area contributed by atoms with Crippen molar-refractivity contribution in [1.82, 2.24) is 20.1 Å². The molecule has 0 fully saturated rings. The minimum atomic E-state index is -0.668. The molecule has 0 bridgehead atoms. The lowest BCUT2D eigenvalue weighted by molar-refractivity contribution is -0.122. The molecule has 0 saturated heterocycles. The Bertz CT molecular complexity index is 2180. The number of rotatable bonds is 8. The van der Waals surface area contributed by atoms with Crippen molar-refractivity contribution in [3.05, 3.63) is 122 Å². The van der Waals surface area contributed by atoms with Gasteiger partial charge in [-0.2, -0.15) is 0 Å². The van der Waals surface area contributed by atoms with E-state index in [2.05, 4.69) is 40.0 Å². The zero-order chi connectivity index (χ0) is 37.3. The van der Waals surface area contributed by atoms with Crippen LogP contribution in [0.15, 0.2) is 77.8 Å². The summed E-state index contributed by atoms with van der Waals surface area (Å²) in [5.74, 6) is 0.751. The highest BCUT2D eigenvalue weighted by atomic mass is 35.5. The van der Waals surface area contributed by atoms with Gasteiger partial charge in [0.2, 0.25) is 5.91 Å². The molecule has 1 unspecified atom stereocenters. The fourth-order valence-corrected chi connectivity index (χ4v) is 7.26. The molecule has 268 valence electrons. The number of para-hydroxylation sites is 2. The van der Waals surface area contributed by atoms with Gasteiger partial charge in [-0.05, 0) is 96.0 Å². The van der Waals surface area contributed by atoms with Crippen LogP contribution in [0, 0.1) is 20.8 Å². The summed E-state index contributed by atoms with van der Waals surface area (Å²) in [5, 5.41) is 19.1. The van der Waals surface area contributed by atoms with Gasteiger partial charge in [0.25, 0.3) is 5.91 Å². The highest BCUT2D eigenvalue weighted by molar-refractivity contribution is 7.15. The topological polar surface area (TPSA) is 140 Å². The number of benzene rings is 3. The smallest absolute Gasteiger partial charge is 0.412 e. The molecule has 3 aromatic carbocycles. The first-order chi connectivity index (χ1) is 24.7. The van der Waals surface area contributed by atoms with E-state index in [1.807, 2.05) is 42.7 Å². The molecule has 52 heavy (non-hydrogen) atoms. The predicted molar refractivity (Wildman–Crippen MR) is 205 cm³/mol. The number of carbonyl (C=O) groups excluding carboxylic acids is 3. The second-order valence-electron chi connectivity index (χ2n) is 13.6. The molecule has 13 heteroatoms. The van der Waals surface area contributed by atoms with Crippen LogP contribution in [0.1, 0.15) is 95.3 Å². The number of carbonyl (C=O) groups is 3. The van der Waals surface area contributed by atoms with E-state index in [1.165, 1.54) is 4.88 Å². The number of aryl methyl sites for hydroxylation is 2. The number of nitrogens with zero attached hydrogens (tertiary/aromatic N) is 4. The molecule has 6 rings (SSSR count). The van der Waals surface area contributed by atoms with Crippen LogP contribution in [0.25, 0.3) is 5.00 Å². The predicted octanol–water partition coefficient (Wildman–Crippen LogP) is 8.67. The fraction of sp³-hybridized carbons (Fsp3) is 0.282. The van der Waals surface area contributed by atoms with Crippen molar-refractivity contribution in [2.45, 2.75) is 72.6 Å². The first-order valence-electron chi connectivity index (χ1n) is 16.8. The van der Waals surface area contributed by atoms with Gasteiger partial charge in [-0.3, -0.25) is 24.5 Å². The van der Waals surface area contributed by atoms with Crippen molar-refractivity contribution in [2.75, 3.05) is 10.6 Å². The average molecular weight is 738 g/mol. The van der Waals surface area contributed by atoms with Gasteiger partial charge in [0.15, 0.2) is 5.82 Å². The van der Waals surface area contributed by atoms with E-state index in [-0.39, 0.29) is 24.3 Å². The molecule has 1 aliphatic heterocycles. The molecule has 3 heterocycles. The van der Waals surface area contributed by atoms with Crippen LogP contribution in [0.3, 0.4) is 0 Å². The summed E-state index contributed by atoms with van der Waals surface area (Å²) in [6.07, 6.45) is -0.579. The largest absolute Gasteiger partial charge is 0.444 e. The van der Waals surface area contributed by atoms with E-state index < -0.39 is 17.7 Å². The molecule has 0 radical (unpaired) electrons. The van der Waals surface area contributed by atoms with Gasteiger partial charge < -0.3 is 15.4 Å². The van der Waals surface area contributed by atoms with Crippen molar-refractivity contribution in [1.29, 1.82) is 0 Å². The minimum Gasteiger partial charge on any atom is -0.444 e. The molecule has 5 aromatic rings. The first-order valence-corrected chi connectivity index (χ1v) is 18.0. The van der Waals surface area contributed by atoms with E-state index in [0.717, 1.165) is 38.8 Å². The number of amides is 3. The monoisotopic (exact) mass is 737 g/mol. The summed E-state index contributed by atoms with van der Waals surface area (Å²) in [6.45, 7) is 13.3. The van der Waals surface area contributed by atoms with Crippen molar-refractivity contribution in [3.8, 4) is 5.00 Å². The minimum absolute atomic E-state index is 0.0454. The number of fused-ring (bicyclic) bond motifs is 3. The third-order valence-electron chi connectivity index (χ3n) is 8.60. The third kappa shape index (κ3) is 7.93. The van der Waals surface area contributed by atoms with Gasteiger partial charge in [0, 0.05) is 26.6 Å². The number of halogens is 1. The van der Waals surface area contributed by atoms with Crippen molar-refractivity contribution in [2.24, 2.45) is 4.99 Å². The number of nitrogens with one attached hydrogen (secondary N) is 3. The zero-order valence-electron chi connectivity index (χ0n) is 30.0. The molecule has 0 spiro atoms. The Morgan fingerprint density at radius 1 is 0.923 bits per heavy atom. The number of anilines is 2. The molecule has 1 aliphatic rings. The molecule has 3 amide bonds. The highest BCUT2D eigenvalue weighted by Crippen LogP contribution is 2.39. The van der Waals surface area contributed by atoms with Crippen LogP contribution in [-0.2, 0) is 9.53 Å². The summed E-state index contributed by atoms with van der Waals surface area (Å²) in [4.78, 5) is 45.5. The maximum atomic E-state index is 13.7. The third-order valence-corrected chi connectivity index (χ3v) is 10.0. The number of hydrogen-bond donors (Lipinski definition) is 3. The lowest BCUT2D eigenvalue weighted by atomic mass is 9.99. The lowest BCUT2D eigenvalue weighted by Gasteiger charge is -2.20. The molecule has 11 nitrogen and oxygen atoms in total. The molecule has 0 aliphatic carbocycles. The van der Waals surface area contributed by atoms with Gasteiger partial charge in [0.05, 0.1) is 29.5 Å². The second-order valence-corrected chi connectivity index (χ2v) is 15.3. The standard InChI is InChI=1S/C39H40ClN7O4S/c1-21-23(3)52-37-33(21)34(26-16-18-28(40)19-17-26)42-31(35-46-45-24(4)47(35)37)20-32(48)41-22(2)25-12-14-27(15-13-25)36(49)43-29-10-8-9-11-30(29)44-38(50)51-39(5,6)7/h8-19,22,31H,20H2,1-7H3,(H,41,48)(H,43,49)(H,44,50)/t22?,31-/m0/s1. The van der Waals surface area contributed by atoms with Crippen molar-refractivity contribution in [3.63, 3.8) is 0 Å². The van der Waals surface area contributed by atoms with Crippen LogP contribution in [0.4, 0.5) is 16.2 Å². The Morgan fingerprint density at radius 3 is 2.23 bits per heavy atom. The van der Waals surface area contributed by atoms with E-state index in [4.69, 9.17) is 21.3 Å². The molecular formula is C39H40ClN7O4S. The summed E-state index contributed by atoms with van der Waals surface area (Å²) in [7, 11) is 0. The van der Waals surface area contributed by atoms with Crippen LogP contribution in [0.5, 0.6) is 0 Å². The summed E-state index contributed by atoms with van der Waals surface area (Å²) in [5.41, 5.74) is 5.18. The molecule has 2 atom stereocenters. The van der Waals surface area contributed by atoms with Crippen molar-refractivity contribution >= 4 is 57.9 Å². The Kier molecular flexibility index (Phi) is 10.3. The Balaban J connectivity index is 1.17. The normalized spacial score (nSPS) is 14.3. The zero-order valence-corrected chi connectivity index (χ0v) is 31.6. The first kappa shape index (κ1) is 36.5. The SMILES string of the molecule is Cc1sc2c(c1C)C(c1ccc(Cl)cc1)=N[C@@H](CC(=O)NC(C)c1ccc(C(=O)Nc3ccccc3NC(=O)OC(C)(C)C)cc1)c1nnc(C)n1-2. The number of aliphatic imine (C=N–C) groups is 1. The van der Waals surface area contributed by atoms with Gasteiger partial charge in [-0.25, -0.2) is 4.79 Å². The Labute approximate surface area is 311 Å². The van der Waals surface area contributed by atoms with Crippen LogP contribution < -0.4 is 16.0 Å². The maximum absolute atomic E-state index is 13.7. The summed E-state index contributed by atoms with van der Waals surface area (Å²) in [6, 6.07) is 20.5. The second kappa shape index (κ2) is 14.7. The molecule has 3 N–H and O–H groups in total. The number of thiophene rings is 1. The highest BCUT2D eigenvalue weighted by Gasteiger charge is 2.32. The Hall–Kier alpha value is -5.33. The van der Waals surface area contributed by atoms with Crippen molar-refractivity contribution < 1.29 is 19.1 Å². The number of ether oxygens (including phenoxy) is 1. The molecule has 0 saturated carbocycles. The maximum Gasteiger partial charge on any atom is 0.412 e. The van der Waals surface area contributed by atoms with E-state index >= 15 is 0 Å². The van der Waals surface area contributed by atoms with E-state index in [0.29, 0.717) is 27.8 Å². The van der Waals surface area contributed by atoms with Gasteiger partial charge >= 0.3 is 6.09 Å².